The van der Waals surface area contributed by atoms with Crippen LogP contribution in [-0.2, 0) is 9.53 Å². The molecule has 0 aliphatic carbocycles. The summed E-state index contributed by atoms with van der Waals surface area (Å²) in [5.74, 6) is -0.198. The minimum Gasteiger partial charge on any atom is -0.396 e. The van der Waals surface area contributed by atoms with Gasteiger partial charge in [-0.05, 0) is 25.7 Å². The van der Waals surface area contributed by atoms with E-state index in [2.05, 4.69) is 11.4 Å². The molecule has 0 saturated carbocycles. The van der Waals surface area contributed by atoms with Crippen molar-refractivity contribution in [1.82, 2.24) is 5.32 Å². The molecule has 5 nitrogen and oxygen atoms in total. The van der Waals surface area contributed by atoms with Crippen LogP contribution in [0.3, 0.4) is 0 Å². The second-order valence-corrected chi connectivity index (χ2v) is 3.99. The smallest absolute Gasteiger partial charge is 0.240 e. The fourth-order valence-electron chi connectivity index (χ4n) is 1.72. The van der Waals surface area contributed by atoms with E-state index in [1.54, 1.807) is 0 Å². The second kappa shape index (κ2) is 6.46. The largest absolute Gasteiger partial charge is 0.396 e. The van der Waals surface area contributed by atoms with Crippen LogP contribution in [0, 0.1) is 16.7 Å². The van der Waals surface area contributed by atoms with Crippen molar-refractivity contribution in [3.63, 3.8) is 0 Å². The molecule has 90 valence electrons. The predicted molar refractivity (Wildman–Crippen MR) is 57.4 cm³/mol. The van der Waals surface area contributed by atoms with Crippen molar-refractivity contribution in [1.29, 1.82) is 5.26 Å². The third-order valence-corrected chi connectivity index (χ3v) is 2.87. The lowest BCUT2D eigenvalue weighted by molar-refractivity contribution is -0.132. The Morgan fingerprint density at radius 3 is 2.69 bits per heavy atom. The summed E-state index contributed by atoms with van der Waals surface area (Å²) < 4.78 is 5.16. The van der Waals surface area contributed by atoms with E-state index in [-0.39, 0.29) is 12.5 Å². The number of nitrogens with one attached hydrogen (secondary N) is 1. The number of ether oxygens (including phenoxy) is 1. The van der Waals surface area contributed by atoms with Crippen molar-refractivity contribution in [3.8, 4) is 6.07 Å². The third kappa shape index (κ3) is 3.19. The molecule has 1 amide bonds. The zero-order valence-electron chi connectivity index (χ0n) is 9.37. The van der Waals surface area contributed by atoms with Crippen molar-refractivity contribution < 1.29 is 14.6 Å². The molecular weight excluding hydrogens is 208 g/mol. The summed E-state index contributed by atoms with van der Waals surface area (Å²) in [6, 6.07) is 2.12. The van der Waals surface area contributed by atoms with E-state index in [9.17, 15) is 4.79 Å². The molecule has 0 spiro atoms. The maximum Gasteiger partial charge on any atom is 0.240 e. The van der Waals surface area contributed by atoms with Crippen LogP contribution in [0.25, 0.3) is 0 Å². The average molecular weight is 226 g/mol. The van der Waals surface area contributed by atoms with Crippen molar-refractivity contribution in [2.45, 2.75) is 25.7 Å². The molecule has 0 unspecified atom stereocenters. The Bertz CT molecular complexity index is 267. The zero-order chi connectivity index (χ0) is 11.9. The van der Waals surface area contributed by atoms with Crippen molar-refractivity contribution in [2.75, 3.05) is 26.4 Å². The average Bonchev–Trinajstić information content (AvgIpc) is 2.35. The first-order valence-corrected chi connectivity index (χ1v) is 5.63. The summed E-state index contributed by atoms with van der Waals surface area (Å²) in [6.07, 6.45) is 2.34. The van der Waals surface area contributed by atoms with E-state index in [0.717, 1.165) is 6.42 Å². The molecule has 1 heterocycles. The van der Waals surface area contributed by atoms with Gasteiger partial charge in [-0.3, -0.25) is 4.79 Å². The van der Waals surface area contributed by atoms with E-state index in [4.69, 9.17) is 15.1 Å². The Kier molecular flexibility index (Phi) is 5.23. The summed E-state index contributed by atoms with van der Waals surface area (Å²) in [7, 11) is 0. The minimum atomic E-state index is -0.905. The number of rotatable bonds is 5. The summed E-state index contributed by atoms with van der Waals surface area (Å²) in [6.45, 7) is 1.59. The van der Waals surface area contributed by atoms with Gasteiger partial charge in [-0.15, -0.1) is 0 Å². The van der Waals surface area contributed by atoms with Crippen molar-refractivity contribution in [2.24, 2.45) is 5.41 Å². The molecule has 1 saturated heterocycles. The van der Waals surface area contributed by atoms with Gasteiger partial charge in [-0.2, -0.15) is 5.26 Å². The molecule has 0 bridgehead atoms. The fourth-order valence-corrected chi connectivity index (χ4v) is 1.72. The van der Waals surface area contributed by atoms with Gasteiger partial charge in [0.1, 0.15) is 5.41 Å². The normalized spacial score (nSPS) is 18.8. The molecule has 1 aliphatic rings. The summed E-state index contributed by atoms with van der Waals surface area (Å²) in [5.41, 5.74) is -0.905. The lowest BCUT2D eigenvalue weighted by atomic mass is 9.81. The van der Waals surface area contributed by atoms with Crippen LogP contribution in [-0.4, -0.2) is 37.4 Å². The Morgan fingerprint density at radius 1 is 1.44 bits per heavy atom. The van der Waals surface area contributed by atoms with Gasteiger partial charge in [0.25, 0.3) is 0 Å². The molecule has 0 radical (unpaired) electrons. The number of carbonyl (C=O) groups excluding carboxylic acids is 1. The monoisotopic (exact) mass is 226 g/mol. The van der Waals surface area contributed by atoms with Crippen LogP contribution < -0.4 is 5.32 Å². The number of hydrogen-bond acceptors (Lipinski definition) is 4. The van der Waals surface area contributed by atoms with Gasteiger partial charge in [0, 0.05) is 26.4 Å². The van der Waals surface area contributed by atoms with Crippen LogP contribution in [0.5, 0.6) is 0 Å². The number of nitriles is 1. The first-order valence-electron chi connectivity index (χ1n) is 5.63. The first kappa shape index (κ1) is 12.9. The van der Waals surface area contributed by atoms with Gasteiger partial charge < -0.3 is 15.2 Å². The van der Waals surface area contributed by atoms with Crippen LogP contribution in [0.4, 0.5) is 0 Å². The van der Waals surface area contributed by atoms with Gasteiger partial charge in [-0.1, -0.05) is 0 Å². The molecule has 0 aromatic rings. The van der Waals surface area contributed by atoms with E-state index in [1.165, 1.54) is 0 Å². The SMILES string of the molecule is N#CC1(C(=O)NCCCCO)CCOCC1. The molecule has 0 atom stereocenters. The highest BCUT2D eigenvalue weighted by Crippen LogP contribution is 2.29. The van der Waals surface area contributed by atoms with Gasteiger partial charge in [0.15, 0.2) is 0 Å². The zero-order valence-corrected chi connectivity index (χ0v) is 9.37. The van der Waals surface area contributed by atoms with Crippen molar-refractivity contribution >= 4 is 5.91 Å². The summed E-state index contributed by atoms with van der Waals surface area (Å²) in [5, 5.41) is 20.5. The molecule has 2 N–H and O–H groups in total. The van der Waals surface area contributed by atoms with Crippen LogP contribution >= 0.6 is 0 Å². The second-order valence-electron chi connectivity index (χ2n) is 3.99. The molecule has 1 rings (SSSR count). The van der Waals surface area contributed by atoms with Crippen LogP contribution in [0.15, 0.2) is 0 Å². The Hall–Kier alpha value is -1.12. The molecular formula is C11H18N2O3. The number of hydrogen-bond donors (Lipinski definition) is 2. The van der Waals surface area contributed by atoms with E-state index >= 15 is 0 Å². The van der Waals surface area contributed by atoms with Crippen molar-refractivity contribution in [3.05, 3.63) is 0 Å². The number of carbonyl (C=O) groups is 1. The Morgan fingerprint density at radius 2 is 2.12 bits per heavy atom. The number of amides is 1. The van der Waals surface area contributed by atoms with Gasteiger partial charge >= 0.3 is 0 Å². The van der Waals surface area contributed by atoms with E-state index < -0.39 is 5.41 Å². The Labute approximate surface area is 95.4 Å². The van der Waals surface area contributed by atoms with Crippen LogP contribution in [0.1, 0.15) is 25.7 Å². The Balaban J connectivity index is 2.40. The standard InChI is InChI=1S/C11H18N2O3/c12-9-11(3-7-16-8-4-11)10(15)13-5-1-2-6-14/h14H,1-8H2,(H,13,15). The lowest BCUT2D eigenvalue weighted by Crippen LogP contribution is -2.44. The highest BCUT2D eigenvalue weighted by molar-refractivity contribution is 5.85. The highest BCUT2D eigenvalue weighted by Gasteiger charge is 2.40. The topological polar surface area (TPSA) is 82.4 Å². The number of aliphatic hydroxyl groups is 1. The maximum atomic E-state index is 11.9. The fraction of sp³-hybridized carbons (Fsp3) is 0.818. The molecule has 1 fully saturated rings. The lowest BCUT2D eigenvalue weighted by Gasteiger charge is -2.29. The molecule has 0 aromatic heterocycles. The van der Waals surface area contributed by atoms with Gasteiger partial charge in [-0.25, -0.2) is 0 Å². The number of aliphatic hydroxyl groups excluding tert-OH is 1. The molecule has 16 heavy (non-hydrogen) atoms. The number of unbranched alkanes of at least 4 members (excludes halogenated alkanes) is 1. The highest BCUT2D eigenvalue weighted by atomic mass is 16.5. The van der Waals surface area contributed by atoms with E-state index in [1.807, 2.05) is 0 Å². The molecule has 5 heteroatoms. The summed E-state index contributed by atoms with van der Waals surface area (Å²) in [4.78, 5) is 11.9. The van der Waals surface area contributed by atoms with Crippen LogP contribution in [0.2, 0.25) is 0 Å². The predicted octanol–water partition coefficient (Wildman–Crippen LogP) is 0.195. The molecule has 1 aliphatic heterocycles. The summed E-state index contributed by atoms with van der Waals surface area (Å²) >= 11 is 0. The number of nitrogens with zero attached hydrogens (tertiary/aromatic N) is 1. The molecule has 0 aromatic carbocycles. The van der Waals surface area contributed by atoms with E-state index in [0.29, 0.717) is 39.0 Å². The third-order valence-electron chi connectivity index (χ3n) is 2.87. The maximum absolute atomic E-state index is 11.9. The quantitative estimate of drug-likeness (QED) is 0.656. The van der Waals surface area contributed by atoms with Gasteiger partial charge in [0.2, 0.25) is 5.91 Å². The first-order chi connectivity index (χ1) is 7.75. The minimum absolute atomic E-state index is 0.132. The van der Waals surface area contributed by atoms with Gasteiger partial charge in [0.05, 0.1) is 6.07 Å².